The Balaban J connectivity index is 1.81. The molecular weight excluding hydrogens is 264 g/mol. The zero-order chi connectivity index (χ0) is 13.7. The van der Waals surface area contributed by atoms with Crippen molar-refractivity contribution in [3.63, 3.8) is 0 Å². The summed E-state index contributed by atoms with van der Waals surface area (Å²) in [6.07, 6.45) is 0. The molecule has 0 atom stereocenters. The first-order valence-electron chi connectivity index (χ1n) is 6.58. The number of benzene rings is 1. The van der Waals surface area contributed by atoms with Crippen LogP contribution < -0.4 is 4.74 Å². The number of ether oxygens (including phenoxy) is 1. The van der Waals surface area contributed by atoms with Crippen LogP contribution in [0.5, 0.6) is 5.75 Å². The third-order valence-corrected chi connectivity index (χ3v) is 3.67. The molecule has 1 aliphatic heterocycles. The van der Waals surface area contributed by atoms with E-state index in [1.54, 1.807) is 12.1 Å². The third-order valence-electron chi connectivity index (χ3n) is 3.36. The van der Waals surface area contributed by atoms with Crippen molar-refractivity contribution in [1.82, 2.24) is 9.80 Å². The second-order valence-corrected chi connectivity index (χ2v) is 4.94. The predicted octanol–water partition coefficient (Wildman–Crippen LogP) is 1.88. The highest BCUT2D eigenvalue weighted by Crippen LogP contribution is 2.23. The normalized spacial score (nSPS) is 16.4. The maximum Gasteiger partial charge on any atom is 0.260 e. The van der Waals surface area contributed by atoms with Crippen molar-refractivity contribution in [3.05, 3.63) is 29.3 Å². The van der Waals surface area contributed by atoms with E-state index in [9.17, 15) is 4.79 Å². The molecule has 1 saturated heterocycles. The maximum absolute atomic E-state index is 12.0. The van der Waals surface area contributed by atoms with Crippen LogP contribution in [0, 0.1) is 0 Å². The Morgan fingerprint density at radius 3 is 2.58 bits per heavy atom. The van der Waals surface area contributed by atoms with Gasteiger partial charge < -0.3 is 14.5 Å². The largest absolute Gasteiger partial charge is 0.482 e. The summed E-state index contributed by atoms with van der Waals surface area (Å²) < 4.78 is 5.47. The summed E-state index contributed by atoms with van der Waals surface area (Å²) in [6, 6.07) is 7.19. The van der Waals surface area contributed by atoms with E-state index in [2.05, 4.69) is 11.8 Å². The molecule has 1 fully saturated rings. The van der Waals surface area contributed by atoms with Crippen molar-refractivity contribution < 1.29 is 9.53 Å². The fraction of sp³-hybridized carbons (Fsp3) is 0.500. The second kappa shape index (κ2) is 6.78. The number of hydrogen-bond acceptors (Lipinski definition) is 3. The molecule has 0 bridgehead atoms. The zero-order valence-corrected chi connectivity index (χ0v) is 11.9. The first-order valence-corrected chi connectivity index (χ1v) is 6.96. The Bertz CT molecular complexity index is 431. The molecule has 4 nitrogen and oxygen atoms in total. The lowest BCUT2D eigenvalue weighted by atomic mass is 10.3. The van der Waals surface area contributed by atoms with Crippen molar-refractivity contribution >= 4 is 17.5 Å². The van der Waals surface area contributed by atoms with Gasteiger partial charge in [-0.25, -0.2) is 0 Å². The van der Waals surface area contributed by atoms with Gasteiger partial charge in [-0.3, -0.25) is 4.79 Å². The average molecular weight is 283 g/mol. The van der Waals surface area contributed by atoms with Crippen LogP contribution in [-0.4, -0.2) is 55.0 Å². The Hall–Kier alpha value is -1.26. The van der Waals surface area contributed by atoms with Crippen LogP contribution in [-0.2, 0) is 4.79 Å². The van der Waals surface area contributed by atoms with Gasteiger partial charge in [-0.2, -0.15) is 0 Å². The van der Waals surface area contributed by atoms with E-state index < -0.39 is 0 Å². The van der Waals surface area contributed by atoms with Crippen LogP contribution >= 0.6 is 11.6 Å². The van der Waals surface area contributed by atoms with Crippen LogP contribution in [0.4, 0.5) is 0 Å². The van der Waals surface area contributed by atoms with E-state index in [1.807, 2.05) is 17.0 Å². The summed E-state index contributed by atoms with van der Waals surface area (Å²) in [5.74, 6) is 0.584. The monoisotopic (exact) mass is 282 g/mol. The number of likely N-dealkylation sites (N-methyl/N-ethyl adjacent to an activating group) is 1. The average Bonchev–Trinajstić information content (AvgIpc) is 2.46. The molecule has 19 heavy (non-hydrogen) atoms. The predicted molar refractivity (Wildman–Crippen MR) is 75.6 cm³/mol. The summed E-state index contributed by atoms with van der Waals surface area (Å²) >= 11 is 5.97. The van der Waals surface area contributed by atoms with Gasteiger partial charge in [0.2, 0.25) is 0 Å². The minimum Gasteiger partial charge on any atom is -0.482 e. The number of para-hydroxylation sites is 1. The van der Waals surface area contributed by atoms with Crippen molar-refractivity contribution in [2.75, 3.05) is 39.3 Å². The number of amides is 1. The van der Waals surface area contributed by atoms with Crippen LogP contribution in [0.1, 0.15) is 6.92 Å². The molecule has 1 amide bonds. The highest BCUT2D eigenvalue weighted by atomic mass is 35.5. The van der Waals surface area contributed by atoms with Gasteiger partial charge in [-0.15, -0.1) is 0 Å². The molecule has 0 aromatic heterocycles. The Morgan fingerprint density at radius 1 is 1.26 bits per heavy atom. The smallest absolute Gasteiger partial charge is 0.260 e. The Labute approximate surface area is 118 Å². The second-order valence-electron chi connectivity index (χ2n) is 4.53. The number of rotatable bonds is 4. The molecule has 5 heteroatoms. The van der Waals surface area contributed by atoms with Gasteiger partial charge in [0.1, 0.15) is 5.75 Å². The van der Waals surface area contributed by atoms with Gasteiger partial charge in [-0.05, 0) is 18.7 Å². The standard InChI is InChI=1S/C14H19ClN2O2/c1-2-16-7-9-17(10-8-16)14(18)11-19-13-6-4-3-5-12(13)15/h3-6H,2,7-11H2,1H3. The topological polar surface area (TPSA) is 32.8 Å². The fourth-order valence-electron chi connectivity index (χ4n) is 2.11. The number of hydrogen-bond donors (Lipinski definition) is 0. The van der Waals surface area contributed by atoms with Gasteiger partial charge in [0.25, 0.3) is 5.91 Å². The molecule has 0 unspecified atom stereocenters. The lowest BCUT2D eigenvalue weighted by molar-refractivity contribution is -0.135. The molecular formula is C14H19ClN2O2. The Kier molecular flexibility index (Phi) is 5.05. The van der Waals surface area contributed by atoms with Crippen LogP contribution in [0.2, 0.25) is 5.02 Å². The van der Waals surface area contributed by atoms with E-state index in [0.717, 1.165) is 32.7 Å². The van der Waals surface area contributed by atoms with Crippen molar-refractivity contribution in [1.29, 1.82) is 0 Å². The first kappa shape index (κ1) is 14.2. The van der Waals surface area contributed by atoms with Crippen LogP contribution in [0.3, 0.4) is 0 Å². The molecule has 0 radical (unpaired) electrons. The van der Waals surface area contributed by atoms with Crippen molar-refractivity contribution in [3.8, 4) is 5.75 Å². The van der Waals surface area contributed by atoms with Gasteiger partial charge in [0.05, 0.1) is 5.02 Å². The maximum atomic E-state index is 12.0. The van der Waals surface area contributed by atoms with E-state index >= 15 is 0 Å². The lowest BCUT2D eigenvalue weighted by Crippen LogP contribution is -2.49. The molecule has 1 aliphatic rings. The van der Waals surface area contributed by atoms with E-state index in [0.29, 0.717) is 10.8 Å². The third kappa shape index (κ3) is 3.85. The number of carbonyl (C=O) groups is 1. The fourth-order valence-corrected chi connectivity index (χ4v) is 2.30. The summed E-state index contributed by atoms with van der Waals surface area (Å²) in [6.45, 7) is 6.66. The summed E-state index contributed by atoms with van der Waals surface area (Å²) in [5, 5.41) is 0.533. The highest BCUT2D eigenvalue weighted by Gasteiger charge is 2.20. The van der Waals surface area contributed by atoms with Gasteiger partial charge >= 0.3 is 0 Å². The molecule has 0 aliphatic carbocycles. The summed E-state index contributed by atoms with van der Waals surface area (Å²) in [5.41, 5.74) is 0. The number of carbonyl (C=O) groups excluding carboxylic acids is 1. The number of nitrogens with zero attached hydrogens (tertiary/aromatic N) is 2. The van der Waals surface area contributed by atoms with Crippen molar-refractivity contribution in [2.45, 2.75) is 6.92 Å². The minimum absolute atomic E-state index is 0.0238. The molecule has 0 N–H and O–H groups in total. The molecule has 0 spiro atoms. The van der Waals surface area contributed by atoms with Gasteiger partial charge in [0.15, 0.2) is 6.61 Å². The van der Waals surface area contributed by atoms with Crippen LogP contribution in [0.25, 0.3) is 0 Å². The Morgan fingerprint density at radius 2 is 1.95 bits per heavy atom. The van der Waals surface area contributed by atoms with Crippen molar-refractivity contribution in [2.24, 2.45) is 0 Å². The van der Waals surface area contributed by atoms with Gasteiger partial charge in [-0.1, -0.05) is 30.7 Å². The van der Waals surface area contributed by atoms with Gasteiger partial charge in [0, 0.05) is 26.2 Å². The molecule has 1 aromatic carbocycles. The quantitative estimate of drug-likeness (QED) is 0.845. The summed E-state index contributed by atoms with van der Waals surface area (Å²) in [4.78, 5) is 16.2. The minimum atomic E-state index is 0.0238. The summed E-state index contributed by atoms with van der Waals surface area (Å²) in [7, 11) is 0. The zero-order valence-electron chi connectivity index (χ0n) is 11.1. The van der Waals surface area contributed by atoms with E-state index in [4.69, 9.17) is 16.3 Å². The van der Waals surface area contributed by atoms with E-state index in [1.165, 1.54) is 0 Å². The first-order chi connectivity index (χ1) is 9.20. The number of piperazine rings is 1. The molecule has 2 rings (SSSR count). The molecule has 0 saturated carbocycles. The highest BCUT2D eigenvalue weighted by molar-refractivity contribution is 6.32. The molecule has 104 valence electrons. The molecule has 1 heterocycles. The van der Waals surface area contributed by atoms with E-state index in [-0.39, 0.29) is 12.5 Å². The van der Waals surface area contributed by atoms with Crippen LogP contribution in [0.15, 0.2) is 24.3 Å². The lowest BCUT2D eigenvalue weighted by Gasteiger charge is -2.33. The SMILES string of the molecule is CCN1CCN(C(=O)COc2ccccc2Cl)CC1. The number of halogens is 1. The molecule has 1 aromatic rings.